The molecule has 0 spiro atoms. The van der Waals surface area contributed by atoms with Crippen LogP contribution in [0.4, 0.5) is 4.39 Å². The van der Waals surface area contributed by atoms with Crippen LogP contribution >= 0.6 is 0 Å². The zero-order valence-corrected chi connectivity index (χ0v) is 9.21. The van der Waals surface area contributed by atoms with E-state index < -0.39 is 0 Å². The highest BCUT2D eigenvalue weighted by Gasteiger charge is 2.20. The minimum Gasteiger partial charge on any atom is -0.307 e. The summed E-state index contributed by atoms with van der Waals surface area (Å²) in [6.45, 7) is 0.430. The molecule has 1 N–H and O–H groups in total. The zero-order chi connectivity index (χ0) is 11.4. The van der Waals surface area contributed by atoms with Crippen molar-refractivity contribution in [3.05, 3.63) is 35.6 Å². The van der Waals surface area contributed by atoms with Gasteiger partial charge in [0.15, 0.2) is 0 Å². The molecule has 1 aliphatic carbocycles. The monoisotopic (exact) mass is 221 g/mol. The molecule has 2 nitrogen and oxygen atoms in total. The van der Waals surface area contributed by atoms with Crippen LogP contribution in [0.15, 0.2) is 24.3 Å². The zero-order valence-electron chi connectivity index (χ0n) is 9.21. The van der Waals surface area contributed by atoms with Gasteiger partial charge in [0.1, 0.15) is 11.6 Å². The molecule has 0 aliphatic heterocycles. The Morgan fingerprint density at radius 1 is 1.38 bits per heavy atom. The van der Waals surface area contributed by atoms with Crippen LogP contribution in [0.2, 0.25) is 0 Å². The van der Waals surface area contributed by atoms with Crippen LogP contribution in [0.5, 0.6) is 0 Å². The molecule has 0 aromatic heterocycles. The van der Waals surface area contributed by atoms with E-state index in [0.29, 0.717) is 31.0 Å². The summed E-state index contributed by atoms with van der Waals surface area (Å²) in [4.78, 5) is 11.5. The molecule has 0 saturated heterocycles. The van der Waals surface area contributed by atoms with E-state index in [1.54, 1.807) is 18.2 Å². The van der Waals surface area contributed by atoms with Gasteiger partial charge < -0.3 is 5.32 Å². The van der Waals surface area contributed by atoms with Crippen molar-refractivity contribution in [2.75, 3.05) is 6.54 Å². The topological polar surface area (TPSA) is 29.1 Å². The van der Waals surface area contributed by atoms with Gasteiger partial charge in [-0.3, -0.25) is 4.79 Å². The minimum absolute atomic E-state index is 0.162. The minimum atomic E-state index is -0.217. The summed E-state index contributed by atoms with van der Waals surface area (Å²) in [5.41, 5.74) is 0.627. The Balaban J connectivity index is 1.73. The van der Waals surface area contributed by atoms with Crippen molar-refractivity contribution in [2.24, 2.45) is 0 Å². The summed E-state index contributed by atoms with van der Waals surface area (Å²) in [6, 6.07) is 7.18. The lowest BCUT2D eigenvalue weighted by Gasteiger charge is -2.03. The predicted octanol–water partition coefficient (Wildman–Crippen LogP) is 2.08. The molecule has 16 heavy (non-hydrogen) atoms. The molecule has 2 rings (SSSR count). The number of benzene rings is 1. The number of hydrogen-bond donors (Lipinski definition) is 1. The van der Waals surface area contributed by atoms with E-state index in [1.807, 2.05) is 0 Å². The summed E-state index contributed by atoms with van der Waals surface area (Å²) in [5.74, 6) is -0.0550. The second kappa shape index (κ2) is 5.21. The fourth-order valence-electron chi connectivity index (χ4n) is 1.61. The first-order valence-electron chi connectivity index (χ1n) is 5.74. The van der Waals surface area contributed by atoms with Crippen molar-refractivity contribution in [2.45, 2.75) is 31.7 Å². The molecule has 1 fully saturated rings. The number of hydrogen-bond acceptors (Lipinski definition) is 2. The van der Waals surface area contributed by atoms with Gasteiger partial charge in [0.2, 0.25) is 0 Å². The fraction of sp³-hybridized carbons (Fsp3) is 0.462. The fourth-order valence-corrected chi connectivity index (χ4v) is 1.61. The summed E-state index contributed by atoms with van der Waals surface area (Å²) >= 11 is 0. The highest BCUT2D eigenvalue weighted by Crippen LogP contribution is 2.18. The van der Waals surface area contributed by atoms with Gasteiger partial charge in [-0.2, -0.15) is 0 Å². The van der Waals surface area contributed by atoms with Gasteiger partial charge in [-0.25, -0.2) is 4.39 Å². The second-order valence-corrected chi connectivity index (χ2v) is 4.29. The van der Waals surface area contributed by atoms with Crippen molar-refractivity contribution in [1.29, 1.82) is 0 Å². The first-order chi connectivity index (χ1) is 7.75. The average Bonchev–Trinajstić information content (AvgIpc) is 3.09. The lowest BCUT2D eigenvalue weighted by Crippen LogP contribution is -2.25. The van der Waals surface area contributed by atoms with Crippen molar-refractivity contribution in [1.82, 2.24) is 5.32 Å². The molecular weight excluding hydrogens is 205 g/mol. The van der Waals surface area contributed by atoms with Crippen LogP contribution in [0.25, 0.3) is 0 Å². The maximum absolute atomic E-state index is 13.2. The maximum atomic E-state index is 13.2. The van der Waals surface area contributed by atoms with E-state index in [9.17, 15) is 9.18 Å². The molecule has 3 heteroatoms. The molecule has 0 unspecified atom stereocenters. The molecule has 1 aromatic rings. The van der Waals surface area contributed by atoms with E-state index in [4.69, 9.17) is 0 Å². The van der Waals surface area contributed by atoms with Crippen molar-refractivity contribution in [3.8, 4) is 0 Å². The summed E-state index contributed by atoms with van der Waals surface area (Å²) in [6.07, 6.45) is 3.28. The number of ketones is 1. The van der Waals surface area contributed by atoms with Gasteiger partial charge in [-0.1, -0.05) is 18.2 Å². The molecular formula is C13H16FNO. The molecule has 0 bridgehead atoms. The summed E-state index contributed by atoms with van der Waals surface area (Å²) < 4.78 is 13.2. The van der Waals surface area contributed by atoms with Gasteiger partial charge in [0.25, 0.3) is 0 Å². The molecule has 0 heterocycles. The number of carbonyl (C=O) groups excluding carboxylic acids is 1. The quantitative estimate of drug-likeness (QED) is 0.796. The Bertz CT molecular complexity index is 374. The Morgan fingerprint density at radius 2 is 2.12 bits per heavy atom. The molecule has 0 amide bonds. The number of nitrogens with one attached hydrogen (secondary N) is 1. The second-order valence-electron chi connectivity index (χ2n) is 4.29. The Kier molecular flexibility index (Phi) is 3.67. The summed E-state index contributed by atoms with van der Waals surface area (Å²) in [5, 5.41) is 3.16. The molecule has 86 valence electrons. The number of Topliss-reactive ketones (excluding diaryl/α,β-unsaturated/α-hetero) is 1. The number of halogens is 1. The van der Waals surface area contributed by atoms with Crippen LogP contribution < -0.4 is 5.32 Å². The molecule has 1 aromatic carbocycles. The molecule has 1 aliphatic rings. The van der Waals surface area contributed by atoms with Crippen molar-refractivity contribution < 1.29 is 9.18 Å². The van der Waals surface area contributed by atoms with Gasteiger partial charge in [0, 0.05) is 12.5 Å². The molecule has 1 saturated carbocycles. The smallest absolute Gasteiger partial charge is 0.146 e. The van der Waals surface area contributed by atoms with Crippen LogP contribution in [-0.2, 0) is 11.2 Å². The van der Waals surface area contributed by atoms with Gasteiger partial charge in [-0.05, 0) is 30.9 Å². The van der Waals surface area contributed by atoms with Crippen molar-refractivity contribution in [3.63, 3.8) is 0 Å². The Labute approximate surface area is 94.9 Å². The largest absolute Gasteiger partial charge is 0.307 e. The number of rotatable bonds is 6. The normalized spacial score (nSPS) is 15.1. The maximum Gasteiger partial charge on any atom is 0.146 e. The third-order valence-electron chi connectivity index (χ3n) is 2.80. The van der Waals surface area contributed by atoms with Gasteiger partial charge in [-0.15, -0.1) is 0 Å². The third kappa shape index (κ3) is 3.42. The van der Waals surface area contributed by atoms with Crippen molar-refractivity contribution >= 4 is 5.78 Å². The summed E-state index contributed by atoms with van der Waals surface area (Å²) in [7, 11) is 0. The standard InChI is InChI=1S/C13H16FNO/c14-13-4-2-1-3-10(13)5-8-12(16)9-15-11-6-7-11/h1-4,11,15H,5-9H2. The van der Waals surface area contributed by atoms with E-state index in [1.165, 1.54) is 18.9 Å². The van der Waals surface area contributed by atoms with Crippen LogP contribution in [0.1, 0.15) is 24.8 Å². The average molecular weight is 221 g/mol. The number of carbonyl (C=O) groups is 1. The van der Waals surface area contributed by atoms with Gasteiger partial charge >= 0.3 is 0 Å². The highest BCUT2D eigenvalue weighted by atomic mass is 19.1. The predicted molar refractivity (Wildman–Crippen MR) is 60.8 cm³/mol. The Hall–Kier alpha value is -1.22. The Morgan fingerprint density at radius 3 is 2.81 bits per heavy atom. The number of aryl methyl sites for hydroxylation is 1. The molecule has 0 atom stereocenters. The van der Waals surface area contributed by atoms with Crippen LogP contribution in [0, 0.1) is 5.82 Å². The SMILES string of the molecule is O=C(CCc1ccccc1F)CNC1CC1. The van der Waals surface area contributed by atoms with Crippen LogP contribution in [-0.4, -0.2) is 18.4 Å². The van der Waals surface area contributed by atoms with E-state index in [-0.39, 0.29) is 11.6 Å². The first-order valence-corrected chi connectivity index (χ1v) is 5.74. The van der Waals surface area contributed by atoms with E-state index >= 15 is 0 Å². The lowest BCUT2D eigenvalue weighted by atomic mass is 10.1. The highest BCUT2D eigenvalue weighted by molar-refractivity contribution is 5.80. The van der Waals surface area contributed by atoms with Crippen LogP contribution in [0.3, 0.4) is 0 Å². The van der Waals surface area contributed by atoms with E-state index in [2.05, 4.69) is 5.32 Å². The first kappa shape index (κ1) is 11.3. The lowest BCUT2D eigenvalue weighted by molar-refractivity contribution is -0.118. The third-order valence-corrected chi connectivity index (χ3v) is 2.80. The van der Waals surface area contributed by atoms with Gasteiger partial charge in [0.05, 0.1) is 6.54 Å². The molecule has 0 radical (unpaired) electrons. The van der Waals surface area contributed by atoms with E-state index in [0.717, 1.165) is 0 Å².